The molecule has 0 unspecified atom stereocenters. The fourth-order valence-electron chi connectivity index (χ4n) is 3.83. The number of aromatic nitrogens is 6. The lowest BCUT2D eigenvalue weighted by Gasteiger charge is -2.10. The number of aryl methyl sites for hydroxylation is 3. The van der Waals surface area contributed by atoms with Gasteiger partial charge >= 0.3 is 6.36 Å². The summed E-state index contributed by atoms with van der Waals surface area (Å²) < 4.78 is 42.8. The Morgan fingerprint density at radius 1 is 0.976 bits per heavy atom. The summed E-state index contributed by atoms with van der Waals surface area (Å²) in [6.45, 7) is 1.91. The largest absolute Gasteiger partial charge is 0.573 e. The van der Waals surface area contributed by atoms with Crippen LogP contribution in [0.15, 0.2) is 42.6 Å². The van der Waals surface area contributed by atoms with Crippen molar-refractivity contribution in [2.45, 2.75) is 51.8 Å². The Bertz CT molecular complexity index is 1490. The van der Waals surface area contributed by atoms with Gasteiger partial charge in [0.15, 0.2) is 5.82 Å². The van der Waals surface area contributed by atoms with Gasteiger partial charge in [-0.15, -0.1) is 28.5 Å². The molecule has 0 spiro atoms. The molecule has 3 aromatic heterocycles. The predicted molar refractivity (Wildman–Crippen MR) is 144 cm³/mol. The van der Waals surface area contributed by atoms with Crippen molar-refractivity contribution in [1.29, 1.82) is 0 Å². The molecule has 0 bridgehead atoms. The van der Waals surface area contributed by atoms with Gasteiger partial charge in [-0.25, -0.2) is 0 Å². The quantitative estimate of drug-likeness (QED) is 0.235. The molecule has 0 aliphatic heterocycles. The van der Waals surface area contributed by atoms with E-state index in [1.165, 1.54) is 23.5 Å². The first-order valence-corrected chi connectivity index (χ1v) is 13.4. The maximum Gasteiger partial charge on any atom is 0.573 e. The van der Waals surface area contributed by atoms with Gasteiger partial charge in [0.05, 0.1) is 24.7 Å². The number of nitrogens with one attached hydrogen (secondary N) is 2. The summed E-state index contributed by atoms with van der Waals surface area (Å²) in [5, 5.41) is 27.1. The third-order valence-electron chi connectivity index (χ3n) is 5.96. The predicted octanol–water partition coefficient (Wildman–Crippen LogP) is 4.20. The molecule has 3 heterocycles. The minimum absolute atomic E-state index is 0.153. The molecule has 0 atom stereocenters. The third kappa shape index (κ3) is 9.34. The van der Waals surface area contributed by atoms with Crippen molar-refractivity contribution in [3.8, 4) is 5.75 Å². The topological polar surface area (TPSA) is 137 Å². The summed E-state index contributed by atoms with van der Waals surface area (Å²) in [7, 11) is 1.82. The smallest absolute Gasteiger partial charge is 0.406 e. The Labute approximate surface area is 237 Å². The molecule has 0 radical (unpaired) electrons. The molecule has 2 N–H and O–H groups in total. The SMILES string of the molecule is Cc1c(CC(=O)Nc2nnc(CCCCc3ccc(NC(=O)Cc4cccc(OC(F)(F)F)c4)nn3)s2)cnn1C. The van der Waals surface area contributed by atoms with E-state index < -0.39 is 18.0 Å². The molecule has 0 aliphatic carbocycles. The molecule has 0 saturated heterocycles. The van der Waals surface area contributed by atoms with E-state index in [9.17, 15) is 22.8 Å². The first-order valence-electron chi connectivity index (χ1n) is 12.6. The summed E-state index contributed by atoms with van der Waals surface area (Å²) in [5.74, 6) is -0.775. The molecule has 4 aromatic rings. The molecular weight excluding hydrogens is 561 g/mol. The minimum atomic E-state index is -4.81. The molecule has 1 aromatic carbocycles. The summed E-state index contributed by atoms with van der Waals surface area (Å²) in [5.41, 5.74) is 2.90. The number of nitrogens with zero attached hydrogens (tertiary/aromatic N) is 6. The van der Waals surface area contributed by atoms with Crippen LogP contribution in [0.5, 0.6) is 5.75 Å². The van der Waals surface area contributed by atoms with Crippen LogP contribution in [0.25, 0.3) is 0 Å². The van der Waals surface area contributed by atoms with Crippen LogP contribution in [0, 0.1) is 6.92 Å². The second kappa shape index (κ2) is 13.3. The lowest BCUT2D eigenvalue weighted by Crippen LogP contribution is -2.18. The van der Waals surface area contributed by atoms with Gasteiger partial charge < -0.3 is 15.4 Å². The van der Waals surface area contributed by atoms with Gasteiger partial charge in [-0.05, 0) is 56.0 Å². The van der Waals surface area contributed by atoms with Crippen molar-refractivity contribution < 1.29 is 27.5 Å². The van der Waals surface area contributed by atoms with Gasteiger partial charge in [0.2, 0.25) is 16.9 Å². The zero-order valence-corrected chi connectivity index (χ0v) is 23.1. The van der Waals surface area contributed by atoms with E-state index in [2.05, 4.69) is 40.9 Å². The summed E-state index contributed by atoms with van der Waals surface area (Å²) in [6, 6.07) is 8.61. The van der Waals surface area contributed by atoms with Crippen LogP contribution >= 0.6 is 11.3 Å². The Morgan fingerprint density at radius 3 is 2.46 bits per heavy atom. The van der Waals surface area contributed by atoms with Crippen molar-refractivity contribution in [3.05, 3.63) is 70.1 Å². The third-order valence-corrected chi connectivity index (χ3v) is 6.86. The number of carbonyl (C=O) groups is 2. The van der Waals surface area contributed by atoms with E-state index in [1.54, 1.807) is 23.0 Å². The van der Waals surface area contributed by atoms with E-state index in [0.29, 0.717) is 23.5 Å². The number of anilines is 2. The number of hydrogen-bond donors (Lipinski definition) is 2. The monoisotopic (exact) mass is 588 g/mol. The van der Waals surface area contributed by atoms with Crippen molar-refractivity contribution in [1.82, 2.24) is 30.2 Å². The van der Waals surface area contributed by atoms with Gasteiger partial charge in [-0.2, -0.15) is 10.2 Å². The highest BCUT2D eigenvalue weighted by atomic mass is 32.1. The summed E-state index contributed by atoms with van der Waals surface area (Å²) in [4.78, 5) is 24.6. The number of carbonyl (C=O) groups excluding carboxylic acids is 2. The molecule has 41 heavy (non-hydrogen) atoms. The highest BCUT2D eigenvalue weighted by Gasteiger charge is 2.31. The Hall–Kier alpha value is -4.40. The number of unbranched alkanes of at least 4 members (excludes halogenated alkanes) is 1. The van der Waals surface area contributed by atoms with Crippen LogP contribution in [-0.4, -0.2) is 48.4 Å². The first kappa shape index (κ1) is 29.6. The zero-order valence-electron chi connectivity index (χ0n) is 22.2. The van der Waals surface area contributed by atoms with E-state index in [-0.39, 0.29) is 24.6 Å². The number of benzene rings is 1. The number of alkyl halides is 3. The minimum Gasteiger partial charge on any atom is -0.406 e. The van der Waals surface area contributed by atoms with Gasteiger partial charge in [-0.1, -0.05) is 23.5 Å². The Morgan fingerprint density at radius 2 is 1.76 bits per heavy atom. The van der Waals surface area contributed by atoms with Crippen LogP contribution < -0.4 is 15.4 Å². The Kier molecular flexibility index (Phi) is 9.60. The van der Waals surface area contributed by atoms with E-state index in [4.69, 9.17) is 0 Å². The molecule has 0 aliphatic rings. The van der Waals surface area contributed by atoms with Crippen LogP contribution in [0.3, 0.4) is 0 Å². The molecule has 0 fully saturated rings. The highest BCUT2D eigenvalue weighted by Crippen LogP contribution is 2.24. The lowest BCUT2D eigenvalue weighted by atomic mass is 10.1. The van der Waals surface area contributed by atoms with Crippen molar-refractivity contribution in [3.63, 3.8) is 0 Å². The van der Waals surface area contributed by atoms with Gasteiger partial charge in [0, 0.05) is 24.7 Å². The highest BCUT2D eigenvalue weighted by molar-refractivity contribution is 7.15. The summed E-state index contributed by atoms with van der Waals surface area (Å²) in [6.07, 6.45) is -0.0521. The van der Waals surface area contributed by atoms with E-state index in [0.717, 1.165) is 46.9 Å². The van der Waals surface area contributed by atoms with E-state index in [1.807, 2.05) is 14.0 Å². The number of halogens is 3. The summed E-state index contributed by atoms with van der Waals surface area (Å²) >= 11 is 1.34. The molecular formula is C26H27F3N8O3S. The number of hydrogen-bond acceptors (Lipinski definition) is 9. The molecule has 0 saturated carbocycles. The molecule has 2 amide bonds. The Balaban J connectivity index is 1.16. The molecule has 4 rings (SSSR count). The maximum absolute atomic E-state index is 12.4. The fraction of sp³-hybridized carbons (Fsp3) is 0.346. The second-order valence-electron chi connectivity index (χ2n) is 9.14. The average molecular weight is 589 g/mol. The van der Waals surface area contributed by atoms with Crippen molar-refractivity contribution in [2.75, 3.05) is 10.6 Å². The second-order valence-corrected chi connectivity index (χ2v) is 10.2. The van der Waals surface area contributed by atoms with Crippen LogP contribution in [0.1, 0.15) is 40.4 Å². The van der Waals surface area contributed by atoms with E-state index >= 15 is 0 Å². The fourth-order valence-corrected chi connectivity index (χ4v) is 4.62. The van der Waals surface area contributed by atoms with Crippen molar-refractivity contribution in [2.24, 2.45) is 7.05 Å². The standard InChI is InChI=1S/C26H27F3N8O3S/c1-16-18(15-30-37(16)2)14-23(39)32-25-36-35-24(41-25)9-4-3-7-19-10-11-21(34-33-19)31-22(38)13-17-6-5-8-20(12-17)40-26(27,28)29/h5-6,8,10-12,15H,3-4,7,9,13-14H2,1-2H3,(H,31,34,38)(H,32,36,39). The molecule has 11 nitrogen and oxygen atoms in total. The van der Waals surface area contributed by atoms with Crippen LogP contribution in [-0.2, 0) is 42.3 Å². The van der Waals surface area contributed by atoms with Gasteiger partial charge in [0.1, 0.15) is 10.8 Å². The normalized spacial score (nSPS) is 11.3. The van der Waals surface area contributed by atoms with Gasteiger partial charge in [0.25, 0.3) is 0 Å². The van der Waals surface area contributed by atoms with Crippen molar-refractivity contribution >= 4 is 34.1 Å². The number of rotatable bonds is 12. The molecule has 15 heteroatoms. The van der Waals surface area contributed by atoms with Crippen LogP contribution in [0.2, 0.25) is 0 Å². The zero-order chi connectivity index (χ0) is 29.4. The number of ether oxygens (including phenoxy) is 1. The number of amides is 2. The average Bonchev–Trinajstić information content (AvgIpc) is 3.47. The lowest BCUT2D eigenvalue weighted by molar-refractivity contribution is -0.274. The maximum atomic E-state index is 12.4. The van der Waals surface area contributed by atoms with Gasteiger partial charge in [-0.3, -0.25) is 14.3 Å². The van der Waals surface area contributed by atoms with Crippen LogP contribution in [0.4, 0.5) is 24.1 Å². The first-order chi connectivity index (χ1) is 19.5. The molecule has 216 valence electrons.